The summed E-state index contributed by atoms with van der Waals surface area (Å²) in [6.45, 7) is 4.72. The highest BCUT2D eigenvalue weighted by atomic mass is 19.4. The van der Waals surface area contributed by atoms with E-state index in [0.29, 0.717) is 32.7 Å². The Morgan fingerprint density at radius 1 is 1.16 bits per heavy atom. The standard InChI is InChI=1S/C11H18F3N5/c1-2-19-10(15-9-16-19)7-17-3-5-18(6-4-17)8-11(12,13)14/h9H,2-8H2,1H3. The highest BCUT2D eigenvalue weighted by molar-refractivity contribution is 4.86. The summed E-state index contributed by atoms with van der Waals surface area (Å²) in [6, 6.07) is 0. The number of piperazine rings is 1. The van der Waals surface area contributed by atoms with Crippen LogP contribution in [0.5, 0.6) is 0 Å². The van der Waals surface area contributed by atoms with E-state index in [9.17, 15) is 13.2 Å². The van der Waals surface area contributed by atoms with E-state index in [1.807, 2.05) is 11.6 Å². The molecule has 0 atom stereocenters. The lowest BCUT2D eigenvalue weighted by molar-refractivity contribution is -0.149. The van der Waals surface area contributed by atoms with Gasteiger partial charge in [-0.05, 0) is 6.92 Å². The van der Waals surface area contributed by atoms with Crippen LogP contribution in [0.1, 0.15) is 12.7 Å². The van der Waals surface area contributed by atoms with Gasteiger partial charge in [0.1, 0.15) is 12.2 Å². The Morgan fingerprint density at radius 3 is 2.37 bits per heavy atom. The number of hydrogen-bond acceptors (Lipinski definition) is 4. The van der Waals surface area contributed by atoms with E-state index in [0.717, 1.165) is 12.4 Å². The number of aromatic nitrogens is 3. The fraction of sp³-hybridized carbons (Fsp3) is 0.818. The van der Waals surface area contributed by atoms with Gasteiger partial charge in [0, 0.05) is 32.7 Å². The molecule has 1 fully saturated rings. The molecule has 2 heterocycles. The molecule has 1 saturated heterocycles. The fourth-order valence-electron chi connectivity index (χ4n) is 2.23. The van der Waals surface area contributed by atoms with Crippen molar-refractivity contribution in [3.8, 4) is 0 Å². The molecule has 0 spiro atoms. The Bertz CT molecular complexity index is 395. The highest BCUT2D eigenvalue weighted by Crippen LogP contribution is 2.17. The number of halogens is 3. The Balaban J connectivity index is 1.80. The summed E-state index contributed by atoms with van der Waals surface area (Å²) in [7, 11) is 0. The first-order valence-electron chi connectivity index (χ1n) is 6.36. The molecule has 0 bridgehead atoms. The predicted octanol–water partition coefficient (Wildman–Crippen LogP) is 0.978. The maximum Gasteiger partial charge on any atom is 0.401 e. The van der Waals surface area contributed by atoms with Gasteiger partial charge in [-0.25, -0.2) is 9.67 Å². The number of hydrogen-bond donors (Lipinski definition) is 0. The molecule has 0 aromatic carbocycles. The van der Waals surface area contributed by atoms with Gasteiger partial charge in [-0.2, -0.15) is 18.3 Å². The average Bonchev–Trinajstić information content (AvgIpc) is 2.77. The molecule has 108 valence electrons. The quantitative estimate of drug-likeness (QED) is 0.822. The summed E-state index contributed by atoms with van der Waals surface area (Å²) in [4.78, 5) is 7.74. The minimum absolute atomic E-state index is 0.444. The van der Waals surface area contributed by atoms with E-state index >= 15 is 0 Å². The first-order valence-corrected chi connectivity index (χ1v) is 6.36. The van der Waals surface area contributed by atoms with Gasteiger partial charge in [-0.3, -0.25) is 9.80 Å². The molecule has 0 aliphatic carbocycles. The predicted molar refractivity (Wildman–Crippen MR) is 63.5 cm³/mol. The van der Waals surface area contributed by atoms with Crippen molar-refractivity contribution in [3.63, 3.8) is 0 Å². The number of alkyl halides is 3. The zero-order valence-electron chi connectivity index (χ0n) is 10.9. The normalized spacial score (nSPS) is 18.9. The average molecular weight is 277 g/mol. The van der Waals surface area contributed by atoms with Gasteiger partial charge >= 0.3 is 6.18 Å². The molecule has 2 rings (SSSR count). The molecule has 1 aromatic heterocycles. The topological polar surface area (TPSA) is 37.2 Å². The number of nitrogens with zero attached hydrogens (tertiary/aromatic N) is 5. The summed E-state index contributed by atoms with van der Waals surface area (Å²) >= 11 is 0. The van der Waals surface area contributed by atoms with Crippen LogP contribution in [0.15, 0.2) is 6.33 Å². The zero-order chi connectivity index (χ0) is 13.9. The lowest BCUT2D eigenvalue weighted by Crippen LogP contribution is -2.48. The molecule has 1 aliphatic heterocycles. The van der Waals surface area contributed by atoms with Crippen LogP contribution in [0.3, 0.4) is 0 Å². The van der Waals surface area contributed by atoms with E-state index < -0.39 is 12.7 Å². The second kappa shape index (κ2) is 5.87. The fourth-order valence-corrected chi connectivity index (χ4v) is 2.23. The molecule has 19 heavy (non-hydrogen) atoms. The summed E-state index contributed by atoms with van der Waals surface area (Å²) in [5, 5.41) is 4.08. The van der Waals surface area contributed by atoms with E-state index in [1.54, 1.807) is 0 Å². The third kappa shape index (κ3) is 4.17. The van der Waals surface area contributed by atoms with Crippen LogP contribution >= 0.6 is 0 Å². The Labute approximate surface area is 110 Å². The molecule has 0 amide bonds. The monoisotopic (exact) mass is 277 g/mol. The van der Waals surface area contributed by atoms with Crippen LogP contribution in [0.4, 0.5) is 13.2 Å². The molecule has 5 nitrogen and oxygen atoms in total. The first-order chi connectivity index (χ1) is 8.98. The lowest BCUT2D eigenvalue weighted by Gasteiger charge is -2.34. The molecule has 1 aliphatic rings. The minimum atomic E-state index is -4.11. The van der Waals surface area contributed by atoms with Crippen molar-refractivity contribution < 1.29 is 13.2 Å². The molecule has 0 N–H and O–H groups in total. The lowest BCUT2D eigenvalue weighted by atomic mass is 10.3. The van der Waals surface area contributed by atoms with Crippen LogP contribution in [-0.4, -0.2) is 63.5 Å². The van der Waals surface area contributed by atoms with E-state index in [1.165, 1.54) is 11.2 Å². The maximum atomic E-state index is 12.3. The zero-order valence-corrected chi connectivity index (χ0v) is 10.9. The number of rotatable bonds is 4. The number of aryl methyl sites for hydroxylation is 1. The van der Waals surface area contributed by atoms with Crippen molar-refractivity contribution in [2.75, 3.05) is 32.7 Å². The van der Waals surface area contributed by atoms with Crippen LogP contribution in [0.25, 0.3) is 0 Å². The van der Waals surface area contributed by atoms with Gasteiger partial charge in [-0.15, -0.1) is 0 Å². The SMILES string of the molecule is CCn1ncnc1CN1CCN(CC(F)(F)F)CC1. The second-order valence-electron chi connectivity index (χ2n) is 4.66. The third-order valence-corrected chi connectivity index (χ3v) is 3.23. The van der Waals surface area contributed by atoms with Crippen molar-refractivity contribution in [1.82, 2.24) is 24.6 Å². The van der Waals surface area contributed by atoms with Gasteiger partial charge in [0.25, 0.3) is 0 Å². The van der Waals surface area contributed by atoms with Gasteiger partial charge in [0.15, 0.2) is 0 Å². The first kappa shape index (κ1) is 14.3. The van der Waals surface area contributed by atoms with E-state index in [2.05, 4.69) is 15.0 Å². The van der Waals surface area contributed by atoms with Crippen LogP contribution in [0, 0.1) is 0 Å². The molecular formula is C11H18F3N5. The van der Waals surface area contributed by atoms with Crippen molar-refractivity contribution in [1.29, 1.82) is 0 Å². The smallest absolute Gasteiger partial charge is 0.293 e. The van der Waals surface area contributed by atoms with Gasteiger partial charge in [-0.1, -0.05) is 0 Å². The Morgan fingerprint density at radius 2 is 1.79 bits per heavy atom. The van der Waals surface area contributed by atoms with Gasteiger partial charge in [0.05, 0.1) is 13.1 Å². The summed E-state index contributed by atoms with van der Waals surface area (Å²) in [6.07, 6.45) is -2.59. The van der Waals surface area contributed by atoms with Crippen molar-refractivity contribution >= 4 is 0 Å². The largest absolute Gasteiger partial charge is 0.401 e. The van der Waals surface area contributed by atoms with Gasteiger partial charge < -0.3 is 0 Å². The molecule has 0 unspecified atom stereocenters. The van der Waals surface area contributed by atoms with E-state index in [-0.39, 0.29) is 0 Å². The van der Waals surface area contributed by atoms with Crippen molar-refractivity contribution in [2.24, 2.45) is 0 Å². The summed E-state index contributed by atoms with van der Waals surface area (Å²) in [5.41, 5.74) is 0. The third-order valence-electron chi connectivity index (χ3n) is 3.23. The summed E-state index contributed by atoms with van der Waals surface area (Å²) < 4.78 is 38.6. The second-order valence-corrected chi connectivity index (χ2v) is 4.66. The van der Waals surface area contributed by atoms with Crippen LogP contribution in [0.2, 0.25) is 0 Å². The molecule has 8 heteroatoms. The Hall–Kier alpha value is -1.15. The van der Waals surface area contributed by atoms with Gasteiger partial charge in [0.2, 0.25) is 0 Å². The van der Waals surface area contributed by atoms with E-state index in [4.69, 9.17) is 0 Å². The van der Waals surface area contributed by atoms with Crippen molar-refractivity contribution in [3.05, 3.63) is 12.2 Å². The highest BCUT2D eigenvalue weighted by Gasteiger charge is 2.32. The minimum Gasteiger partial charge on any atom is -0.293 e. The molecule has 0 radical (unpaired) electrons. The Kier molecular flexibility index (Phi) is 4.41. The molecular weight excluding hydrogens is 259 g/mol. The van der Waals surface area contributed by atoms with Crippen molar-refractivity contribution in [2.45, 2.75) is 26.2 Å². The molecule has 0 saturated carbocycles. The summed E-state index contributed by atoms with van der Waals surface area (Å²) in [5.74, 6) is 0.867. The van der Waals surface area contributed by atoms with Crippen LogP contribution in [-0.2, 0) is 13.1 Å². The van der Waals surface area contributed by atoms with Crippen LogP contribution < -0.4 is 0 Å². The molecule has 1 aromatic rings. The maximum absolute atomic E-state index is 12.3.